The molecule has 94 valence electrons. The number of thiophene rings is 1. The molecule has 0 amide bonds. The molecule has 2 aromatic rings. The summed E-state index contributed by atoms with van der Waals surface area (Å²) in [5.74, 6) is 0. The highest BCUT2D eigenvalue weighted by atomic mass is 32.1. The molecule has 18 heavy (non-hydrogen) atoms. The molecule has 0 aliphatic carbocycles. The van der Waals surface area contributed by atoms with Crippen molar-refractivity contribution in [2.24, 2.45) is 0 Å². The van der Waals surface area contributed by atoms with Crippen molar-refractivity contribution in [3.63, 3.8) is 0 Å². The Morgan fingerprint density at radius 3 is 2.89 bits per heavy atom. The van der Waals surface area contributed by atoms with Gasteiger partial charge in [0.1, 0.15) is 0 Å². The Morgan fingerprint density at radius 2 is 2.22 bits per heavy atom. The van der Waals surface area contributed by atoms with Gasteiger partial charge in [-0.05, 0) is 23.9 Å². The molecule has 1 heterocycles. The summed E-state index contributed by atoms with van der Waals surface area (Å²) in [7, 11) is 0. The van der Waals surface area contributed by atoms with E-state index in [0.717, 1.165) is 5.56 Å². The molecule has 0 bridgehead atoms. The first-order chi connectivity index (χ1) is 8.66. The minimum absolute atomic E-state index is 0.137. The summed E-state index contributed by atoms with van der Waals surface area (Å²) in [6, 6.07) is 11.1. The third kappa shape index (κ3) is 3.15. The van der Waals surface area contributed by atoms with Crippen LogP contribution in [0, 0.1) is 10.1 Å². The Hall–Kier alpha value is -1.72. The summed E-state index contributed by atoms with van der Waals surface area (Å²) in [5.41, 5.74) is 1.06. The van der Waals surface area contributed by atoms with E-state index in [1.54, 1.807) is 23.5 Å². The topological polar surface area (TPSA) is 55.2 Å². The summed E-state index contributed by atoms with van der Waals surface area (Å²) >= 11 is 1.70. The Bertz CT molecular complexity index is 526. The second-order valence-electron chi connectivity index (χ2n) is 4.05. The number of rotatable bonds is 5. The van der Waals surface area contributed by atoms with Crippen molar-refractivity contribution < 1.29 is 4.92 Å². The maximum absolute atomic E-state index is 10.7. The largest absolute Gasteiger partial charge is 0.305 e. The van der Waals surface area contributed by atoms with Gasteiger partial charge >= 0.3 is 0 Å². The van der Waals surface area contributed by atoms with Crippen molar-refractivity contribution in [2.75, 3.05) is 0 Å². The fourth-order valence-corrected chi connectivity index (χ4v) is 2.45. The van der Waals surface area contributed by atoms with Crippen molar-refractivity contribution in [2.45, 2.75) is 19.5 Å². The average Bonchev–Trinajstić information content (AvgIpc) is 2.90. The fraction of sp³-hybridized carbons (Fsp3) is 0.231. The summed E-state index contributed by atoms with van der Waals surface area (Å²) in [5, 5.41) is 16.1. The molecule has 4 nitrogen and oxygen atoms in total. The lowest BCUT2D eigenvalue weighted by molar-refractivity contribution is -0.384. The fourth-order valence-electron chi connectivity index (χ4n) is 1.69. The Kier molecular flexibility index (Phi) is 4.07. The summed E-state index contributed by atoms with van der Waals surface area (Å²) < 4.78 is 0. The SMILES string of the molecule is CC(NCc1cccc([N+](=O)[O-])c1)c1cccs1. The number of nitrogens with one attached hydrogen (secondary N) is 1. The van der Waals surface area contributed by atoms with Gasteiger partial charge in [0.05, 0.1) is 4.92 Å². The lowest BCUT2D eigenvalue weighted by Gasteiger charge is -2.11. The third-order valence-electron chi connectivity index (χ3n) is 2.70. The summed E-state index contributed by atoms with van der Waals surface area (Å²) in [4.78, 5) is 11.6. The zero-order chi connectivity index (χ0) is 13.0. The van der Waals surface area contributed by atoms with E-state index in [9.17, 15) is 10.1 Å². The van der Waals surface area contributed by atoms with E-state index < -0.39 is 0 Å². The number of nitro groups is 1. The van der Waals surface area contributed by atoms with Gasteiger partial charge in [0.25, 0.3) is 5.69 Å². The van der Waals surface area contributed by atoms with Crippen LogP contribution in [0.3, 0.4) is 0 Å². The first kappa shape index (κ1) is 12.7. The van der Waals surface area contributed by atoms with Crippen LogP contribution >= 0.6 is 11.3 Å². The Morgan fingerprint density at radius 1 is 1.39 bits per heavy atom. The quantitative estimate of drug-likeness (QED) is 0.662. The minimum atomic E-state index is -0.369. The van der Waals surface area contributed by atoms with Crippen molar-refractivity contribution in [3.8, 4) is 0 Å². The second-order valence-corrected chi connectivity index (χ2v) is 5.02. The third-order valence-corrected chi connectivity index (χ3v) is 3.76. The smallest absolute Gasteiger partial charge is 0.269 e. The van der Waals surface area contributed by atoms with Crippen LogP contribution in [0.4, 0.5) is 5.69 Å². The molecule has 2 rings (SSSR count). The Labute approximate surface area is 109 Å². The van der Waals surface area contributed by atoms with Crippen LogP contribution in [-0.4, -0.2) is 4.92 Å². The second kappa shape index (κ2) is 5.75. The van der Waals surface area contributed by atoms with Crippen LogP contribution in [0.25, 0.3) is 0 Å². The zero-order valence-electron chi connectivity index (χ0n) is 10.00. The average molecular weight is 262 g/mol. The maximum atomic E-state index is 10.7. The zero-order valence-corrected chi connectivity index (χ0v) is 10.8. The highest BCUT2D eigenvalue weighted by Crippen LogP contribution is 2.19. The van der Waals surface area contributed by atoms with E-state index in [2.05, 4.69) is 18.3 Å². The number of hydrogen-bond donors (Lipinski definition) is 1. The number of non-ortho nitro benzene ring substituents is 1. The molecule has 0 spiro atoms. The molecule has 0 fully saturated rings. The molecule has 0 aliphatic heterocycles. The minimum Gasteiger partial charge on any atom is -0.305 e. The molecule has 1 aromatic carbocycles. The van der Waals surface area contributed by atoms with Crippen LogP contribution in [0.1, 0.15) is 23.4 Å². The van der Waals surface area contributed by atoms with Gasteiger partial charge in [-0.25, -0.2) is 0 Å². The van der Waals surface area contributed by atoms with Crippen molar-refractivity contribution in [1.29, 1.82) is 0 Å². The van der Waals surface area contributed by atoms with Crippen LogP contribution < -0.4 is 5.32 Å². The highest BCUT2D eigenvalue weighted by molar-refractivity contribution is 7.10. The number of hydrogen-bond acceptors (Lipinski definition) is 4. The predicted octanol–water partition coefficient (Wildman–Crippen LogP) is 3.51. The van der Waals surface area contributed by atoms with Gasteiger partial charge in [-0.3, -0.25) is 10.1 Å². The summed E-state index contributed by atoms with van der Waals surface area (Å²) in [6.07, 6.45) is 0. The number of nitrogens with zero attached hydrogens (tertiary/aromatic N) is 1. The highest BCUT2D eigenvalue weighted by Gasteiger charge is 2.08. The van der Waals surface area contributed by atoms with E-state index in [1.165, 1.54) is 10.9 Å². The van der Waals surface area contributed by atoms with Crippen LogP contribution in [0.5, 0.6) is 0 Å². The van der Waals surface area contributed by atoms with E-state index in [1.807, 2.05) is 17.5 Å². The van der Waals surface area contributed by atoms with Crippen molar-refractivity contribution in [1.82, 2.24) is 5.32 Å². The molecule has 0 saturated heterocycles. The Balaban J connectivity index is 1.98. The molecular weight excluding hydrogens is 248 g/mol. The lowest BCUT2D eigenvalue weighted by Crippen LogP contribution is -2.17. The molecule has 5 heteroatoms. The van der Waals surface area contributed by atoms with E-state index in [0.29, 0.717) is 6.54 Å². The molecule has 0 aliphatic rings. The van der Waals surface area contributed by atoms with Crippen molar-refractivity contribution >= 4 is 17.0 Å². The summed E-state index contributed by atoms with van der Waals surface area (Å²) in [6.45, 7) is 2.71. The van der Waals surface area contributed by atoms with Gasteiger partial charge in [0.2, 0.25) is 0 Å². The molecular formula is C13H14N2O2S. The van der Waals surface area contributed by atoms with Gasteiger partial charge in [-0.2, -0.15) is 0 Å². The van der Waals surface area contributed by atoms with E-state index in [4.69, 9.17) is 0 Å². The standard InChI is InChI=1S/C13H14N2O2S/c1-10(13-6-3-7-18-13)14-9-11-4-2-5-12(8-11)15(16)17/h2-8,10,14H,9H2,1H3. The maximum Gasteiger partial charge on any atom is 0.269 e. The molecule has 1 unspecified atom stereocenters. The van der Waals surface area contributed by atoms with Crippen LogP contribution in [-0.2, 0) is 6.54 Å². The number of benzene rings is 1. The van der Waals surface area contributed by atoms with Crippen LogP contribution in [0.2, 0.25) is 0 Å². The van der Waals surface area contributed by atoms with Gasteiger partial charge in [-0.1, -0.05) is 18.2 Å². The molecule has 0 saturated carbocycles. The first-order valence-corrected chi connectivity index (χ1v) is 6.55. The molecule has 0 radical (unpaired) electrons. The first-order valence-electron chi connectivity index (χ1n) is 5.67. The van der Waals surface area contributed by atoms with Crippen molar-refractivity contribution in [3.05, 3.63) is 62.3 Å². The van der Waals surface area contributed by atoms with Crippen LogP contribution in [0.15, 0.2) is 41.8 Å². The van der Waals surface area contributed by atoms with Gasteiger partial charge in [0, 0.05) is 29.6 Å². The van der Waals surface area contributed by atoms with E-state index >= 15 is 0 Å². The molecule has 1 aromatic heterocycles. The van der Waals surface area contributed by atoms with E-state index in [-0.39, 0.29) is 16.7 Å². The van der Waals surface area contributed by atoms with Gasteiger partial charge < -0.3 is 5.32 Å². The van der Waals surface area contributed by atoms with Gasteiger partial charge in [-0.15, -0.1) is 11.3 Å². The van der Waals surface area contributed by atoms with Gasteiger partial charge in [0.15, 0.2) is 0 Å². The molecule has 1 N–H and O–H groups in total. The monoisotopic (exact) mass is 262 g/mol. The normalized spacial score (nSPS) is 12.3. The lowest BCUT2D eigenvalue weighted by atomic mass is 10.2. The predicted molar refractivity (Wildman–Crippen MR) is 72.7 cm³/mol. The molecule has 1 atom stereocenters. The number of nitro benzene ring substituents is 1.